The van der Waals surface area contributed by atoms with Crippen molar-refractivity contribution in [2.45, 2.75) is 52.0 Å². The van der Waals surface area contributed by atoms with E-state index in [1.54, 1.807) is 6.07 Å². The van der Waals surface area contributed by atoms with E-state index in [4.69, 9.17) is 4.98 Å². The fraction of sp³-hybridized carbons (Fsp3) is 0.529. The van der Waals surface area contributed by atoms with E-state index in [1.807, 2.05) is 12.1 Å². The third-order valence-electron chi connectivity index (χ3n) is 4.36. The van der Waals surface area contributed by atoms with Crippen molar-refractivity contribution in [3.63, 3.8) is 0 Å². The van der Waals surface area contributed by atoms with Gasteiger partial charge in [-0.3, -0.25) is 0 Å². The molecule has 0 amide bonds. The third-order valence-corrected chi connectivity index (χ3v) is 4.36. The first-order chi connectivity index (χ1) is 9.84. The molecule has 1 saturated carbocycles. The summed E-state index contributed by atoms with van der Waals surface area (Å²) in [7, 11) is 0. The third kappa shape index (κ3) is 2.23. The number of carboxylic acids is 1. The Morgan fingerprint density at radius 1 is 1.43 bits per heavy atom. The molecule has 4 nitrogen and oxygen atoms in total. The van der Waals surface area contributed by atoms with E-state index in [-0.39, 0.29) is 5.41 Å². The average molecular weight is 286 g/mol. The summed E-state index contributed by atoms with van der Waals surface area (Å²) in [6.45, 7) is 8.61. The highest BCUT2D eigenvalue weighted by atomic mass is 16.4. The van der Waals surface area contributed by atoms with Crippen molar-refractivity contribution in [1.82, 2.24) is 9.55 Å². The second kappa shape index (κ2) is 4.58. The van der Waals surface area contributed by atoms with Crippen LogP contribution in [0.2, 0.25) is 0 Å². The van der Waals surface area contributed by atoms with Gasteiger partial charge in [0, 0.05) is 11.5 Å². The lowest BCUT2D eigenvalue weighted by atomic mass is 9.95. The molecular weight excluding hydrogens is 264 g/mol. The van der Waals surface area contributed by atoms with E-state index in [0.29, 0.717) is 23.0 Å². The molecule has 1 aromatic heterocycles. The molecule has 1 heterocycles. The lowest BCUT2D eigenvalue weighted by Crippen LogP contribution is -2.19. The Morgan fingerprint density at radius 2 is 2.14 bits per heavy atom. The first-order valence-corrected chi connectivity index (χ1v) is 7.59. The maximum atomic E-state index is 11.4. The zero-order chi connectivity index (χ0) is 15.4. The molecule has 2 aromatic rings. The molecule has 0 aliphatic heterocycles. The van der Waals surface area contributed by atoms with E-state index >= 15 is 0 Å². The van der Waals surface area contributed by atoms with Crippen molar-refractivity contribution in [2.24, 2.45) is 5.92 Å². The Bertz CT molecular complexity index is 709. The number of rotatable bonds is 3. The van der Waals surface area contributed by atoms with Gasteiger partial charge in [-0.2, -0.15) is 0 Å². The van der Waals surface area contributed by atoms with Crippen LogP contribution in [0.25, 0.3) is 11.0 Å². The molecule has 3 rings (SSSR count). The van der Waals surface area contributed by atoms with Gasteiger partial charge in [0.05, 0.1) is 11.1 Å². The molecular formula is C17H22N2O2. The van der Waals surface area contributed by atoms with E-state index in [9.17, 15) is 9.90 Å². The highest BCUT2D eigenvalue weighted by Gasteiger charge is 2.41. The van der Waals surface area contributed by atoms with Crippen LogP contribution in [-0.2, 0) is 5.41 Å². The van der Waals surface area contributed by atoms with Crippen LogP contribution in [-0.4, -0.2) is 20.6 Å². The number of fused-ring (bicyclic) bond motifs is 1. The smallest absolute Gasteiger partial charge is 0.337 e. The molecule has 1 aromatic carbocycles. The van der Waals surface area contributed by atoms with Crippen LogP contribution in [0.4, 0.5) is 0 Å². The molecule has 1 aliphatic carbocycles. The number of imidazole rings is 1. The lowest BCUT2D eigenvalue weighted by Gasteiger charge is -2.20. The number of benzene rings is 1. The van der Waals surface area contributed by atoms with Gasteiger partial charge in [-0.1, -0.05) is 40.2 Å². The molecule has 4 heteroatoms. The van der Waals surface area contributed by atoms with Crippen molar-refractivity contribution in [3.05, 3.63) is 29.6 Å². The van der Waals surface area contributed by atoms with Gasteiger partial charge in [-0.05, 0) is 24.5 Å². The van der Waals surface area contributed by atoms with E-state index in [2.05, 4.69) is 32.3 Å². The molecule has 1 N–H and O–H groups in total. The second-order valence-corrected chi connectivity index (χ2v) is 7.01. The zero-order valence-electron chi connectivity index (χ0n) is 13.1. The summed E-state index contributed by atoms with van der Waals surface area (Å²) in [6, 6.07) is 5.92. The van der Waals surface area contributed by atoms with Crippen LogP contribution in [0.5, 0.6) is 0 Å². The molecule has 112 valence electrons. The highest BCUT2D eigenvalue weighted by molar-refractivity contribution is 6.01. The summed E-state index contributed by atoms with van der Waals surface area (Å²) in [5, 5.41) is 9.39. The number of hydrogen-bond acceptors (Lipinski definition) is 2. The number of aromatic nitrogens is 2. The van der Waals surface area contributed by atoms with Crippen molar-refractivity contribution < 1.29 is 9.90 Å². The fourth-order valence-electron chi connectivity index (χ4n) is 3.14. The molecule has 0 bridgehead atoms. The minimum atomic E-state index is -0.909. The molecule has 1 fully saturated rings. The molecule has 21 heavy (non-hydrogen) atoms. The minimum Gasteiger partial charge on any atom is -0.478 e. The normalized spacial score (nSPS) is 21.7. The van der Waals surface area contributed by atoms with Gasteiger partial charge in [-0.25, -0.2) is 9.78 Å². The van der Waals surface area contributed by atoms with Gasteiger partial charge in [0.2, 0.25) is 0 Å². The summed E-state index contributed by atoms with van der Waals surface area (Å²) in [6.07, 6.45) is 2.33. The molecule has 1 aliphatic rings. The van der Waals surface area contributed by atoms with Crippen molar-refractivity contribution >= 4 is 17.0 Å². The van der Waals surface area contributed by atoms with Gasteiger partial charge in [0.25, 0.3) is 0 Å². The molecule has 0 spiro atoms. The van der Waals surface area contributed by atoms with Gasteiger partial charge in [-0.15, -0.1) is 0 Å². The molecule has 0 radical (unpaired) electrons. The maximum absolute atomic E-state index is 11.4. The Labute approximate surface area is 124 Å². The number of carbonyl (C=O) groups is 1. The van der Waals surface area contributed by atoms with Gasteiger partial charge in [0.1, 0.15) is 11.3 Å². The lowest BCUT2D eigenvalue weighted by molar-refractivity contribution is 0.0699. The zero-order valence-corrected chi connectivity index (χ0v) is 13.1. The maximum Gasteiger partial charge on any atom is 0.337 e. The summed E-state index contributed by atoms with van der Waals surface area (Å²) in [5.74, 6) is 0.776. The predicted molar refractivity (Wildman–Crippen MR) is 82.8 cm³/mol. The predicted octanol–water partition coefficient (Wildman–Crippen LogP) is 4.00. The van der Waals surface area contributed by atoms with Crippen LogP contribution in [0, 0.1) is 5.92 Å². The van der Waals surface area contributed by atoms with Crippen LogP contribution in [0.3, 0.4) is 0 Å². The largest absolute Gasteiger partial charge is 0.478 e. The highest BCUT2D eigenvalue weighted by Crippen LogP contribution is 2.49. The Morgan fingerprint density at radius 3 is 2.67 bits per heavy atom. The standard InChI is InChI=1S/C17H22N2O2/c1-5-10-9-13(10)19-12-8-6-7-11(15(20)21)14(12)18-16(19)17(2,3)4/h6-8,10,13H,5,9H2,1-4H3,(H,20,21). The van der Waals surface area contributed by atoms with E-state index in [0.717, 1.165) is 17.8 Å². The minimum absolute atomic E-state index is 0.102. The molecule has 0 saturated heterocycles. The Kier molecular flexibility index (Phi) is 3.08. The van der Waals surface area contributed by atoms with Crippen molar-refractivity contribution in [2.75, 3.05) is 0 Å². The van der Waals surface area contributed by atoms with E-state index in [1.165, 1.54) is 6.42 Å². The number of nitrogens with zero attached hydrogens (tertiary/aromatic N) is 2. The Balaban J connectivity index is 2.27. The number of para-hydroxylation sites is 1. The summed E-state index contributed by atoms with van der Waals surface area (Å²) >= 11 is 0. The van der Waals surface area contributed by atoms with Crippen molar-refractivity contribution in [3.8, 4) is 0 Å². The summed E-state index contributed by atoms with van der Waals surface area (Å²) in [4.78, 5) is 16.2. The Hall–Kier alpha value is -1.84. The van der Waals surface area contributed by atoms with Crippen LogP contribution >= 0.6 is 0 Å². The van der Waals surface area contributed by atoms with Crippen LogP contribution < -0.4 is 0 Å². The van der Waals surface area contributed by atoms with Crippen LogP contribution in [0.1, 0.15) is 62.8 Å². The van der Waals surface area contributed by atoms with E-state index < -0.39 is 5.97 Å². The molecule has 2 unspecified atom stereocenters. The number of carboxylic acid groups (broad SMARTS) is 1. The van der Waals surface area contributed by atoms with Gasteiger partial charge >= 0.3 is 5.97 Å². The first-order valence-electron chi connectivity index (χ1n) is 7.59. The SMILES string of the molecule is CCC1CC1n1c(C(C)(C)C)nc2c(C(=O)O)cccc21. The topological polar surface area (TPSA) is 55.1 Å². The molecule has 2 atom stereocenters. The van der Waals surface area contributed by atoms with Gasteiger partial charge < -0.3 is 9.67 Å². The number of hydrogen-bond donors (Lipinski definition) is 1. The van der Waals surface area contributed by atoms with Crippen molar-refractivity contribution in [1.29, 1.82) is 0 Å². The quantitative estimate of drug-likeness (QED) is 0.927. The average Bonchev–Trinajstić information content (AvgIpc) is 3.07. The monoisotopic (exact) mass is 286 g/mol. The second-order valence-electron chi connectivity index (χ2n) is 7.01. The number of aromatic carboxylic acids is 1. The van der Waals surface area contributed by atoms with Gasteiger partial charge in [0.15, 0.2) is 0 Å². The summed E-state index contributed by atoms with van der Waals surface area (Å²) in [5.41, 5.74) is 1.78. The fourth-order valence-corrected chi connectivity index (χ4v) is 3.14. The van der Waals surface area contributed by atoms with Crippen LogP contribution in [0.15, 0.2) is 18.2 Å². The first kappa shape index (κ1) is 14.1. The summed E-state index contributed by atoms with van der Waals surface area (Å²) < 4.78 is 2.29.